The molecule has 0 radical (unpaired) electrons. The molecule has 1 aromatic rings. The fourth-order valence-corrected chi connectivity index (χ4v) is 2.06. The Bertz CT molecular complexity index is 286. The lowest BCUT2D eigenvalue weighted by molar-refractivity contribution is 0.177. The topological polar surface area (TPSA) is 23.5 Å². The average Bonchev–Trinajstić information content (AvgIpc) is 2.22. The summed E-state index contributed by atoms with van der Waals surface area (Å²) in [5, 5.41) is 8.92. The van der Waals surface area contributed by atoms with Crippen molar-refractivity contribution in [1.29, 1.82) is 0 Å². The number of hydrogen-bond acceptors (Lipinski definition) is 2. The zero-order chi connectivity index (χ0) is 11.3. The first-order valence-corrected chi connectivity index (χ1v) is 6.05. The minimum atomic E-state index is 0.212. The molecular formula is C12H18BrNO. The maximum Gasteiger partial charge on any atom is 0.0558 e. The van der Waals surface area contributed by atoms with E-state index >= 15 is 0 Å². The van der Waals surface area contributed by atoms with E-state index < -0.39 is 0 Å². The maximum absolute atomic E-state index is 8.92. The highest BCUT2D eigenvalue weighted by Gasteiger charge is 2.13. The van der Waals surface area contributed by atoms with Crippen LogP contribution in [0.5, 0.6) is 0 Å². The van der Waals surface area contributed by atoms with Gasteiger partial charge in [-0.05, 0) is 31.2 Å². The molecule has 0 saturated carbocycles. The van der Waals surface area contributed by atoms with Gasteiger partial charge in [0.1, 0.15) is 0 Å². The first-order chi connectivity index (χ1) is 7.19. The van der Waals surface area contributed by atoms with Gasteiger partial charge >= 0.3 is 0 Å². The Morgan fingerprint density at radius 2 is 1.93 bits per heavy atom. The largest absolute Gasteiger partial charge is 0.395 e. The number of nitrogens with zero attached hydrogens (tertiary/aromatic N) is 1. The Hall–Kier alpha value is -0.380. The second kappa shape index (κ2) is 6.26. The molecule has 1 atom stereocenters. The standard InChI is InChI=1S/C12H18BrNO/c1-3-12(14(2)8-9-15)10-4-6-11(13)7-5-10/h4-7,12,15H,3,8-9H2,1-2H3. The van der Waals surface area contributed by atoms with Crippen LogP contribution in [0.15, 0.2) is 28.7 Å². The third-order valence-corrected chi connectivity index (χ3v) is 3.15. The van der Waals surface area contributed by atoms with Gasteiger partial charge in [-0.3, -0.25) is 4.90 Å². The minimum Gasteiger partial charge on any atom is -0.395 e. The minimum absolute atomic E-state index is 0.212. The van der Waals surface area contributed by atoms with Crippen LogP contribution < -0.4 is 0 Å². The zero-order valence-corrected chi connectivity index (χ0v) is 10.9. The number of halogens is 1. The number of benzene rings is 1. The zero-order valence-electron chi connectivity index (χ0n) is 9.28. The normalized spacial score (nSPS) is 13.1. The van der Waals surface area contributed by atoms with Gasteiger partial charge in [0.05, 0.1) is 6.61 Å². The van der Waals surface area contributed by atoms with Crippen molar-refractivity contribution >= 4 is 15.9 Å². The Morgan fingerprint density at radius 1 is 1.33 bits per heavy atom. The van der Waals surface area contributed by atoms with Crippen molar-refractivity contribution < 1.29 is 5.11 Å². The van der Waals surface area contributed by atoms with Gasteiger partial charge < -0.3 is 5.11 Å². The van der Waals surface area contributed by atoms with Gasteiger partial charge in [0.25, 0.3) is 0 Å². The van der Waals surface area contributed by atoms with Crippen LogP contribution in [0.25, 0.3) is 0 Å². The number of aliphatic hydroxyl groups excluding tert-OH is 1. The molecule has 0 aliphatic heterocycles. The number of likely N-dealkylation sites (N-methyl/N-ethyl adjacent to an activating group) is 1. The number of rotatable bonds is 5. The summed E-state index contributed by atoms with van der Waals surface area (Å²) in [5.74, 6) is 0. The SMILES string of the molecule is CCC(c1ccc(Br)cc1)N(C)CCO. The molecule has 0 saturated heterocycles. The van der Waals surface area contributed by atoms with E-state index in [1.54, 1.807) is 0 Å². The van der Waals surface area contributed by atoms with Gasteiger partial charge in [-0.25, -0.2) is 0 Å². The van der Waals surface area contributed by atoms with Crippen LogP contribution in [0.4, 0.5) is 0 Å². The first kappa shape index (κ1) is 12.7. The average molecular weight is 272 g/mol. The molecule has 1 aromatic carbocycles. The van der Waals surface area contributed by atoms with E-state index in [1.165, 1.54) is 5.56 Å². The second-order valence-electron chi connectivity index (χ2n) is 3.68. The molecule has 15 heavy (non-hydrogen) atoms. The molecule has 1 N–H and O–H groups in total. The van der Waals surface area contributed by atoms with Gasteiger partial charge in [-0.2, -0.15) is 0 Å². The highest BCUT2D eigenvalue weighted by Crippen LogP contribution is 2.23. The van der Waals surface area contributed by atoms with Crippen molar-refractivity contribution in [2.45, 2.75) is 19.4 Å². The summed E-state index contributed by atoms with van der Waals surface area (Å²) in [5.41, 5.74) is 1.30. The van der Waals surface area contributed by atoms with Crippen molar-refractivity contribution in [2.24, 2.45) is 0 Å². The summed E-state index contributed by atoms with van der Waals surface area (Å²) in [6, 6.07) is 8.78. The van der Waals surface area contributed by atoms with Crippen LogP contribution in [0.3, 0.4) is 0 Å². The quantitative estimate of drug-likeness (QED) is 0.891. The Kier molecular flexibility index (Phi) is 5.29. The predicted molar refractivity (Wildman–Crippen MR) is 66.9 cm³/mol. The highest BCUT2D eigenvalue weighted by molar-refractivity contribution is 9.10. The summed E-state index contributed by atoms with van der Waals surface area (Å²) in [4.78, 5) is 2.18. The van der Waals surface area contributed by atoms with Crippen LogP contribution in [-0.4, -0.2) is 30.2 Å². The summed E-state index contributed by atoms with van der Waals surface area (Å²) < 4.78 is 1.10. The molecule has 0 spiro atoms. The van der Waals surface area contributed by atoms with E-state index in [0.29, 0.717) is 12.6 Å². The lowest BCUT2D eigenvalue weighted by Crippen LogP contribution is -2.27. The third kappa shape index (κ3) is 3.59. The van der Waals surface area contributed by atoms with E-state index in [9.17, 15) is 0 Å². The highest BCUT2D eigenvalue weighted by atomic mass is 79.9. The summed E-state index contributed by atoms with van der Waals surface area (Å²) >= 11 is 3.43. The van der Waals surface area contributed by atoms with Crippen molar-refractivity contribution in [3.8, 4) is 0 Å². The van der Waals surface area contributed by atoms with Crippen LogP contribution >= 0.6 is 15.9 Å². The van der Waals surface area contributed by atoms with Gasteiger partial charge in [0.15, 0.2) is 0 Å². The van der Waals surface area contributed by atoms with E-state index in [1.807, 2.05) is 7.05 Å². The van der Waals surface area contributed by atoms with E-state index in [2.05, 4.69) is 52.0 Å². The first-order valence-electron chi connectivity index (χ1n) is 5.25. The van der Waals surface area contributed by atoms with Crippen LogP contribution in [-0.2, 0) is 0 Å². The Balaban J connectivity index is 2.77. The van der Waals surface area contributed by atoms with Gasteiger partial charge in [-0.1, -0.05) is 35.0 Å². The molecular weight excluding hydrogens is 254 g/mol. The lowest BCUT2D eigenvalue weighted by Gasteiger charge is -2.26. The summed E-state index contributed by atoms with van der Waals surface area (Å²) in [7, 11) is 2.05. The van der Waals surface area contributed by atoms with Gasteiger partial charge in [-0.15, -0.1) is 0 Å². The molecule has 0 fully saturated rings. The van der Waals surface area contributed by atoms with E-state index in [0.717, 1.165) is 10.9 Å². The molecule has 1 unspecified atom stereocenters. The van der Waals surface area contributed by atoms with Crippen LogP contribution in [0.1, 0.15) is 24.9 Å². The second-order valence-corrected chi connectivity index (χ2v) is 4.60. The molecule has 0 heterocycles. The van der Waals surface area contributed by atoms with Crippen molar-refractivity contribution in [2.75, 3.05) is 20.2 Å². The molecule has 2 nitrogen and oxygen atoms in total. The molecule has 0 amide bonds. The summed E-state index contributed by atoms with van der Waals surface area (Å²) in [6.07, 6.45) is 1.05. The molecule has 0 bridgehead atoms. The van der Waals surface area contributed by atoms with E-state index in [4.69, 9.17) is 5.11 Å². The monoisotopic (exact) mass is 271 g/mol. The summed E-state index contributed by atoms with van der Waals surface area (Å²) in [6.45, 7) is 3.10. The maximum atomic E-state index is 8.92. The van der Waals surface area contributed by atoms with Crippen molar-refractivity contribution in [3.63, 3.8) is 0 Å². The molecule has 1 rings (SSSR count). The van der Waals surface area contributed by atoms with Crippen molar-refractivity contribution in [1.82, 2.24) is 4.90 Å². The molecule has 0 aliphatic rings. The molecule has 3 heteroatoms. The van der Waals surface area contributed by atoms with Gasteiger partial charge in [0, 0.05) is 17.1 Å². The fraction of sp³-hybridized carbons (Fsp3) is 0.500. The Morgan fingerprint density at radius 3 is 2.40 bits per heavy atom. The third-order valence-electron chi connectivity index (χ3n) is 2.63. The molecule has 0 aliphatic carbocycles. The van der Waals surface area contributed by atoms with Crippen LogP contribution in [0, 0.1) is 0 Å². The lowest BCUT2D eigenvalue weighted by atomic mass is 10.0. The molecule has 84 valence electrons. The number of aliphatic hydroxyl groups is 1. The van der Waals surface area contributed by atoms with Crippen LogP contribution in [0.2, 0.25) is 0 Å². The van der Waals surface area contributed by atoms with Gasteiger partial charge in [0.2, 0.25) is 0 Å². The Labute approximate surface area is 100 Å². The predicted octanol–water partition coefficient (Wildman–Crippen LogP) is 2.82. The molecule has 0 aromatic heterocycles. The number of hydrogen-bond donors (Lipinski definition) is 1. The smallest absolute Gasteiger partial charge is 0.0558 e. The van der Waals surface area contributed by atoms with Crippen molar-refractivity contribution in [3.05, 3.63) is 34.3 Å². The fourth-order valence-electron chi connectivity index (χ4n) is 1.80. The van der Waals surface area contributed by atoms with E-state index in [-0.39, 0.29) is 6.61 Å².